The molecular weight excluding hydrogens is 266 g/mol. The summed E-state index contributed by atoms with van der Waals surface area (Å²) in [6, 6.07) is 13.3. The first kappa shape index (κ1) is 13.5. The fourth-order valence-electron chi connectivity index (χ4n) is 2.52. The van der Waals surface area contributed by atoms with E-state index in [4.69, 9.17) is 4.74 Å². The molecule has 1 aliphatic rings. The second-order valence-corrected chi connectivity index (χ2v) is 6.27. The van der Waals surface area contributed by atoms with Crippen molar-refractivity contribution in [3.8, 4) is 0 Å². The van der Waals surface area contributed by atoms with Gasteiger partial charge in [-0.1, -0.05) is 23.9 Å². The summed E-state index contributed by atoms with van der Waals surface area (Å²) in [7, 11) is 1.75. The summed E-state index contributed by atoms with van der Waals surface area (Å²) in [5, 5.41) is 0. The molecular formula is C17H19NOS. The molecule has 0 radical (unpaired) electrons. The van der Waals surface area contributed by atoms with Gasteiger partial charge in [-0.05, 0) is 49.2 Å². The molecule has 0 fully saturated rings. The van der Waals surface area contributed by atoms with Crippen LogP contribution in [0.15, 0.2) is 46.2 Å². The average molecular weight is 285 g/mol. The summed E-state index contributed by atoms with van der Waals surface area (Å²) < 4.78 is 5.27. The third kappa shape index (κ3) is 2.43. The summed E-state index contributed by atoms with van der Waals surface area (Å²) in [5.41, 5.74) is 5.18. The Morgan fingerprint density at radius 2 is 1.50 bits per heavy atom. The van der Waals surface area contributed by atoms with Crippen molar-refractivity contribution >= 4 is 23.1 Å². The van der Waals surface area contributed by atoms with E-state index in [1.807, 2.05) is 11.8 Å². The second-order valence-electron chi connectivity index (χ2n) is 5.19. The molecule has 0 aromatic heterocycles. The Bertz CT molecular complexity index is 587. The summed E-state index contributed by atoms with van der Waals surface area (Å²) in [6.07, 6.45) is 0. The lowest BCUT2D eigenvalue weighted by molar-refractivity contribution is 0.207. The molecule has 0 spiro atoms. The molecule has 20 heavy (non-hydrogen) atoms. The lowest BCUT2D eigenvalue weighted by Crippen LogP contribution is -2.24. The molecule has 0 N–H and O–H groups in total. The molecule has 0 saturated heterocycles. The van der Waals surface area contributed by atoms with Crippen LogP contribution in [0, 0.1) is 13.8 Å². The van der Waals surface area contributed by atoms with Crippen LogP contribution in [0.3, 0.4) is 0 Å². The molecule has 0 saturated carbocycles. The van der Waals surface area contributed by atoms with Crippen LogP contribution < -0.4 is 4.90 Å². The van der Waals surface area contributed by atoms with Crippen molar-refractivity contribution < 1.29 is 4.74 Å². The van der Waals surface area contributed by atoms with Crippen LogP contribution in [-0.4, -0.2) is 20.3 Å². The highest BCUT2D eigenvalue weighted by Crippen LogP contribution is 2.48. The van der Waals surface area contributed by atoms with Crippen molar-refractivity contribution in [2.75, 3.05) is 25.2 Å². The molecule has 2 aromatic rings. The number of methoxy groups -OCH3 is 1. The molecule has 2 aromatic carbocycles. The van der Waals surface area contributed by atoms with Crippen LogP contribution in [0.2, 0.25) is 0 Å². The normalized spacial score (nSPS) is 13.1. The Morgan fingerprint density at radius 1 is 0.950 bits per heavy atom. The van der Waals surface area contributed by atoms with Crippen LogP contribution >= 0.6 is 11.8 Å². The van der Waals surface area contributed by atoms with Crippen molar-refractivity contribution in [3.05, 3.63) is 47.5 Å². The van der Waals surface area contributed by atoms with E-state index in [-0.39, 0.29) is 0 Å². The molecule has 2 nitrogen and oxygen atoms in total. The predicted octanol–water partition coefficient (Wildman–Crippen LogP) is 4.55. The zero-order valence-corrected chi connectivity index (χ0v) is 13.0. The molecule has 0 bridgehead atoms. The molecule has 0 atom stereocenters. The number of fused-ring (bicyclic) bond motifs is 2. The van der Waals surface area contributed by atoms with E-state index in [0.717, 1.165) is 13.2 Å². The van der Waals surface area contributed by atoms with Gasteiger partial charge in [-0.2, -0.15) is 0 Å². The van der Waals surface area contributed by atoms with Crippen molar-refractivity contribution in [2.45, 2.75) is 23.6 Å². The highest BCUT2D eigenvalue weighted by molar-refractivity contribution is 7.99. The lowest BCUT2D eigenvalue weighted by atomic mass is 10.1. The van der Waals surface area contributed by atoms with Crippen LogP contribution in [0.1, 0.15) is 11.1 Å². The average Bonchev–Trinajstić information content (AvgIpc) is 2.43. The second kappa shape index (κ2) is 5.51. The highest BCUT2D eigenvalue weighted by atomic mass is 32.2. The minimum Gasteiger partial charge on any atom is -0.383 e. The van der Waals surface area contributed by atoms with Crippen molar-refractivity contribution in [1.82, 2.24) is 0 Å². The Balaban J connectivity index is 2.08. The van der Waals surface area contributed by atoms with E-state index in [1.54, 1.807) is 7.11 Å². The zero-order chi connectivity index (χ0) is 14.1. The summed E-state index contributed by atoms with van der Waals surface area (Å²) >= 11 is 1.87. The first-order chi connectivity index (χ1) is 9.69. The SMILES string of the molecule is COCCN1c2ccc(C)cc2Sc2cc(C)ccc21. The number of hydrogen-bond acceptors (Lipinski definition) is 3. The van der Waals surface area contributed by atoms with E-state index in [0.29, 0.717) is 0 Å². The summed E-state index contributed by atoms with van der Waals surface area (Å²) in [5.74, 6) is 0. The van der Waals surface area contributed by atoms with Gasteiger partial charge < -0.3 is 9.64 Å². The Morgan fingerprint density at radius 3 is 2.00 bits per heavy atom. The van der Waals surface area contributed by atoms with Gasteiger partial charge in [0, 0.05) is 23.4 Å². The first-order valence-corrected chi connectivity index (χ1v) is 7.66. The van der Waals surface area contributed by atoms with Gasteiger partial charge in [0.1, 0.15) is 0 Å². The number of hydrogen-bond donors (Lipinski definition) is 0. The quantitative estimate of drug-likeness (QED) is 0.820. The Hall–Kier alpha value is -1.45. The van der Waals surface area contributed by atoms with Gasteiger partial charge in [0.25, 0.3) is 0 Å². The number of anilines is 2. The molecule has 1 aliphatic heterocycles. The fourth-order valence-corrected chi connectivity index (χ4v) is 3.82. The standard InChI is InChI=1S/C17H19NOS/c1-12-4-6-14-16(10-12)20-17-11-13(2)5-7-15(17)18(14)8-9-19-3/h4-7,10-11H,8-9H2,1-3H3. The third-order valence-electron chi connectivity index (χ3n) is 3.55. The maximum atomic E-state index is 5.27. The van der Waals surface area contributed by atoms with E-state index in [9.17, 15) is 0 Å². The van der Waals surface area contributed by atoms with Crippen molar-refractivity contribution in [2.24, 2.45) is 0 Å². The minimum atomic E-state index is 0.727. The lowest BCUT2D eigenvalue weighted by Gasteiger charge is -2.33. The third-order valence-corrected chi connectivity index (χ3v) is 4.64. The van der Waals surface area contributed by atoms with Gasteiger partial charge in [-0.3, -0.25) is 0 Å². The number of benzene rings is 2. The van der Waals surface area contributed by atoms with Gasteiger partial charge in [0.15, 0.2) is 0 Å². The molecule has 3 rings (SSSR count). The zero-order valence-electron chi connectivity index (χ0n) is 12.1. The van der Waals surface area contributed by atoms with Crippen LogP contribution in [0.25, 0.3) is 0 Å². The molecule has 0 aliphatic carbocycles. The van der Waals surface area contributed by atoms with Crippen LogP contribution in [0.4, 0.5) is 11.4 Å². The van der Waals surface area contributed by atoms with Crippen LogP contribution in [0.5, 0.6) is 0 Å². The number of nitrogens with zero attached hydrogens (tertiary/aromatic N) is 1. The van der Waals surface area contributed by atoms with Gasteiger partial charge in [-0.25, -0.2) is 0 Å². The van der Waals surface area contributed by atoms with Crippen molar-refractivity contribution in [1.29, 1.82) is 0 Å². The first-order valence-electron chi connectivity index (χ1n) is 6.84. The van der Waals surface area contributed by atoms with Gasteiger partial charge in [-0.15, -0.1) is 0 Å². The van der Waals surface area contributed by atoms with Gasteiger partial charge in [0.05, 0.1) is 18.0 Å². The Labute approximate surface area is 124 Å². The number of aryl methyl sites for hydroxylation is 2. The van der Waals surface area contributed by atoms with Gasteiger partial charge in [0.2, 0.25) is 0 Å². The van der Waals surface area contributed by atoms with E-state index >= 15 is 0 Å². The predicted molar refractivity (Wildman–Crippen MR) is 85.4 cm³/mol. The topological polar surface area (TPSA) is 12.5 Å². The highest BCUT2D eigenvalue weighted by Gasteiger charge is 2.23. The van der Waals surface area contributed by atoms with E-state index in [2.05, 4.69) is 55.1 Å². The maximum absolute atomic E-state index is 5.27. The summed E-state index contributed by atoms with van der Waals surface area (Å²) in [4.78, 5) is 5.03. The molecule has 1 heterocycles. The monoisotopic (exact) mass is 285 g/mol. The molecule has 0 amide bonds. The number of rotatable bonds is 3. The molecule has 104 valence electrons. The van der Waals surface area contributed by atoms with Crippen LogP contribution in [-0.2, 0) is 4.74 Å². The smallest absolute Gasteiger partial charge is 0.0642 e. The van der Waals surface area contributed by atoms with E-state index in [1.165, 1.54) is 32.3 Å². The summed E-state index contributed by atoms with van der Waals surface area (Å²) in [6.45, 7) is 5.90. The van der Waals surface area contributed by atoms with Crippen molar-refractivity contribution in [3.63, 3.8) is 0 Å². The number of ether oxygens (including phenoxy) is 1. The van der Waals surface area contributed by atoms with Gasteiger partial charge >= 0.3 is 0 Å². The minimum absolute atomic E-state index is 0.727. The molecule has 0 unspecified atom stereocenters. The molecule has 3 heteroatoms. The fraction of sp³-hybridized carbons (Fsp3) is 0.294. The maximum Gasteiger partial charge on any atom is 0.0642 e. The largest absolute Gasteiger partial charge is 0.383 e. The van der Waals surface area contributed by atoms with E-state index < -0.39 is 0 Å². The Kier molecular flexibility index (Phi) is 3.72.